The van der Waals surface area contributed by atoms with Crippen molar-refractivity contribution in [1.29, 1.82) is 0 Å². The highest BCUT2D eigenvalue weighted by Gasteiger charge is 2.23. The van der Waals surface area contributed by atoms with Gasteiger partial charge in [-0.1, -0.05) is 48.5 Å². The highest BCUT2D eigenvalue weighted by molar-refractivity contribution is 5.97. The molecule has 3 rings (SSSR count). The number of nitrogens with zero attached hydrogens (tertiary/aromatic N) is 1. The molecule has 0 bridgehead atoms. The molecule has 1 N–H and O–H groups in total. The number of hydrogen-bond donors (Lipinski definition) is 1. The first-order chi connectivity index (χ1) is 14.0. The molecule has 2 amide bonds. The van der Waals surface area contributed by atoms with Crippen LogP contribution in [0.5, 0.6) is 11.5 Å². The van der Waals surface area contributed by atoms with Crippen LogP contribution < -0.4 is 10.1 Å². The summed E-state index contributed by atoms with van der Waals surface area (Å²) in [6.07, 6.45) is 0.429. The lowest BCUT2D eigenvalue weighted by Gasteiger charge is -2.22. The van der Waals surface area contributed by atoms with Crippen molar-refractivity contribution in [3.8, 4) is 11.5 Å². The van der Waals surface area contributed by atoms with Gasteiger partial charge in [-0.05, 0) is 42.0 Å². The number of para-hydroxylation sites is 1. The number of rotatable bonds is 7. The van der Waals surface area contributed by atoms with Crippen LogP contribution in [0.3, 0.4) is 0 Å². The number of ether oxygens (including phenoxy) is 1. The van der Waals surface area contributed by atoms with Gasteiger partial charge in [-0.25, -0.2) is 0 Å². The Balaban J connectivity index is 1.69. The van der Waals surface area contributed by atoms with E-state index in [1.165, 1.54) is 4.90 Å². The smallest absolute Gasteiger partial charge is 0.251 e. The summed E-state index contributed by atoms with van der Waals surface area (Å²) in [5.41, 5.74) is 1.45. The van der Waals surface area contributed by atoms with Crippen LogP contribution in [0.1, 0.15) is 15.9 Å². The number of carbonyl (C=O) groups is 2. The molecule has 29 heavy (non-hydrogen) atoms. The van der Waals surface area contributed by atoms with Gasteiger partial charge in [0.1, 0.15) is 17.5 Å². The van der Waals surface area contributed by atoms with E-state index in [0.29, 0.717) is 17.7 Å². The number of likely N-dealkylation sites (N-methyl/N-ethyl adjacent to an activating group) is 1. The average Bonchev–Trinajstić information content (AvgIpc) is 2.74. The van der Waals surface area contributed by atoms with Gasteiger partial charge >= 0.3 is 0 Å². The van der Waals surface area contributed by atoms with E-state index in [0.717, 1.165) is 11.3 Å². The monoisotopic (exact) mass is 388 g/mol. The van der Waals surface area contributed by atoms with Gasteiger partial charge in [0.25, 0.3) is 5.91 Å². The summed E-state index contributed by atoms with van der Waals surface area (Å²) in [6, 6.07) is 25.3. The third-order valence-electron chi connectivity index (χ3n) is 4.42. The third-order valence-corrected chi connectivity index (χ3v) is 4.42. The van der Waals surface area contributed by atoms with Crippen molar-refractivity contribution in [1.82, 2.24) is 10.2 Å². The summed E-state index contributed by atoms with van der Waals surface area (Å²) in [5, 5.41) is 2.86. The molecule has 0 fully saturated rings. The van der Waals surface area contributed by atoms with E-state index in [4.69, 9.17) is 4.74 Å². The van der Waals surface area contributed by atoms with Crippen molar-refractivity contribution in [2.24, 2.45) is 0 Å². The minimum Gasteiger partial charge on any atom is -0.457 e. The standard InChI is InChI=1S/C24H24N2O3/c1-26(2)24(28)22(17-18-9-5-3-6-10-18)25-23(27)19-13-15-21(16-14-19)29-20-11-7-4-8-12-20/h3-16,22H,17H2,1-2H3,(H,25,27). The van der Waals surface area contributed by atoms with E-state index < -0.39 is 6.04 Å². The highest BCUT2D eigenvalue weighted by atomic mass is 16.5. The molecule has 5 heteroatoms. The molecule has 3 aromatic rings. The SMILES string of the molecule is CN(C)C(=O)C(Cc1ccccc1)NC(=O)c1ccc(Oc2ccccc2)cc1. The van der Waals surface area contributed by atoms with Gasteiger partial charge in [0.05, 0.1) is 0 Å². The molecule has 0 saturated heterocycles. The summed E-state index contributed by atoms with van der Waals surface area (Å²) in [6.45, 7) is 0. The molecule has 0 aromatic heterocycles. The van der Waals surface area contributed by atoms with Crippen LogP contribution in [-0.2, 0) is 11.2 Å². The van der Waals surface area contributed by atoms with Gasteiger partial charge in [0.15, 0.2) is 0 Å². The number of nitrogens with one attached hydrogen (secondary N) is 1. The van der Waals surface area contributed by atoms with Crippen LogP contribution in [0, 0.1) is 0 Å². The molecule has 0 aliphatic rings. The van der Waals surface area contributed by atoms with Gasteiger partial charge in [0, 0.05) is 26.1 Å². The Hall–Kier alpha value is -3.60. The van der Waals surface area contributed by atoms with Gasteiger partial charge in [-0.3, -0.25) is 9.59 Å². The van der Waals surface area contributed by atoms with E-state index >= 15 is 0 Å². The van der Waals surface area contributed by atoms with E-state index in [1.54, 1.807) is 38.4 Å². The largest absolute Gasteiger partial charge is 0.457 e. The molecule has 0 heterocycles. The van der Waals surface area contributed by atoms with Gasteiger partial charge in [0.2, 0.25) is 5.91 Å². The maximum atomic E-state index is 12.7. The van der Waals surface area contributed by atoms with Crippen molar-refractivity contribution >= 4 is 11.8 Å². The van der Waals surface area contributed by atoms with Crippen LogP contribution in [0.2, 0.25) is 0 Å². The quantitative estimate of drug-likeness (QED) is 0.668. The summed E-state index contributed by atoms with van der Waals surface area (Å²) >= 11 is 0. The summed E-state index contributed by atoms with van der Waals surface area (Å²) in [4.78, 5) is 26.8. The van der Waals surface area contributed by atoms with Crippen LogP contribution >= 0.6 is 0 Å². The van der Waals surface area contributed by atoms with Crippen LogP contribution in [0.25, 0.3) is 0 Å². The molecular formula is C24H24N2O3. The first-order valence-electron chi connectivity index (χ1n) is 9.42. The maximum absolute atomic E-state index is 12.7. The van der Waals surface area contributed by atoms with Crippen LogP contribution in [-0.4, -0.2) is 36.9 Å². The molecular weight excluding hydrogens is 364 g/mol. The number of amides is 2. The fourth-order valence-electron chi connectivity index (χ4n) is 2.90. The summed E-state index contributed by atoms with van der Waals surface area (Å²) in [7, 11) is 3.37. The molecule has 0 aliphatic heterocycles. The lowest BCUT2D eigenvalue weighted by molar-refractivity contribution is -0.130. The van der Waals surface area contributed by atoms with Gasteiger partial charge in [-0.15, -0.1) is 0 Å². The molecule has 0 spiro atoms. The average molecular weight is 388 g/mol. The Kier molecular flexibility index (Phi) is 6.63. The van der Waals surface area contributed by atoms with E-state index in [2.05, 4.69) is 5.32 Å². The van der Waals surface area contributed by atoms with Crippen molar-refractivity contribution in [3.63, 3.8) is 0 Å². The third kappa shape index (κ3) is 5.69. The summed E-state index contributed by atoms with van der Waals surface area (Å²) in [5.74, 6) is 0.917. The number of benzene rings is 3. The van der Waals surface area contributed by atoms with E-state index in [9.17, 15) is 9.59 Å². The fourth-order valence-corrected chi connectivity index (χ4v) is 2.90. The Labute approximate surface area is 170 Å². The fraction of sp³-hybridized carbons (Fsp3) is 0.167. The van der Waals surface area contributed by atoms with E-state index in [1.807, 2.05) is 60.7 Å². The zero-order chi connectivity index (χ0) is 20.6. The molecule has 0 radical (unpaired) electrons. The Morgan fingerprint density at radius 1 is 0.828 bits per heavy atom. The first-order valence-corrected chi connectivity index (χ1v) is 9.42. The van der Waals surface area contributed by atoms with Crippen molar-refractivity contribution in [3.05, 3.63) is 96.1 Å². The van der Waals surface area contributed by atoms with Gasteiger partial charge < -0.3 is 15.0 Å². The summed E-state index contributed by atoms with van der Waals surface area (Å²) < 4.78 is 5.75. The molecule has 1 atom stereocenters. The molecule has 148 valence electrons. The van der Waals surface area contributed by atoms with E-state index in [-0.39, 0.29) is 11.8 Å². The second kappa shape index (κ2) is 9.55. The Bertz CT molecular complexity index is 939. The minimum atomic E-state index is -0.639. The highest BCUT2D eigenvalue weighted by Crippen LogP contribution is 2.21. The molecule has 0 aliphatic carbocycles. The van der Waals surface area contributed by atoms with Crippen molar-refractivity contribution in [2.75, 3.05) is 14.1 Å². The second-order valence-electron chi connectivity index (χ2n) is 6.89. The zero-order valence-corrected chi connectivity index (χ0v) is 16.5. The first kappa shape index (κ1) is 20.1. The molecule has 1 unspecified atom stereocenters. The molecule has 5 nitrogen and oxygen atoms in total. The van der Waals surface area contributed by atoms with Crippen LogP contribution in [0.15, 0.2) is 84.9 Å². The topological polar surface area (TPSA) is 58.6 Å². The van der Waals surface area contributed by atoms with Crippen LogP contribution in [0.4, 0.5) is 0 Å². The minimum absolute atomic E-state index is 0.147. The van der Waals surface area contributed by atoms with Crippen molar-refractivity contribution < 1.29 is 14.3 Å². The molecule has 3 aromatic carbocycles. The Morgan fingerprint density at radius 3 is 1.97 bits per heavy atom. The lowest BCUT2D eigenvalue weighted by Crippen LogP contribution is -2.47. The number of carbonyl (C=O) groups excluding carboxylic acids is 2. The maximum Gasteiger partial charge on any atom is 0.251 e. The van der Waals surface area contributed by atoms with Crippen molar-refractivity contribution in [2.45, 2.75) is 12.5 Å². The normalized spacial score (nSPS) is 11.4. The predicted molar refractivity (Wildman–Crippen MR) is 113 cm³/mol. The predicted octanol–water partition coefficient (Wildman–Crippen LogP) is 3.91. The second-order valence-corrected chi connectivity index (χ2v) is 6.89. The number of hydrogen-bond acceptors (Lipinski definition) is 3. The molecule has 0 saturated carbocycles. The lowest BCUT2D eigenvalue weighted by atomic mass is 10.0. The van der Waals surface area contributed by atoms with Gasteiger partial charge in [-0.2, -0.15) is 0 Å². The zero-order valence-electron chi connectivity index (χ0n) is 16.5. The Morgan fingerprint density at radius 2 is 1.38 bits per heavy atom.